The lowest BCUT2D eigenvalue weighted by atomic mass is 10.2. The minimum absolute atomic E-state index is 0.238. The molecule has 0 aliphatic carbocycles. The lowest BCUT2D eigenvalue weighted by Gasteiger charge is -2.07. The number of aliphatic hydroxyl groups excluding tert-OH is 1. The number of ether oxygens (including phenoxy) is 4. The molecule has 0 aromatic carbocycles. The second kappa shape index (κ2) is 16.9. The summed E-state index contributed by atoms with van der Waals surface area (Å²) >= 11 is 0. The molecule has 122 valence electrons. The minimum Gasteiger partial charge on any atom is -0.393 e. The highest BCUT2D eigenvalue weighted by Gasteiger charge is 1.96. The van der Waals surface area contributed by atoms with E-state index in [1.807, 2.05) is 0 Å². The van der Waals surface area contributed by atoms with E-state index in [1.165, 1.54) is 0 Å². The zero-order chi connectivity index (χ0) is 14.9. The Labute approximate surface area is 123 Å². The number of aliphatic hydroxyl groups is 1. The van der Waals surface area contributed by atoms with Crippen LogP contribution in [-0.4, -0.2) is 64.1 Å². The second-order valence-electron chi connectivity index (χ2n) is 4.79. The van der Waals surface area contributed by atoms with Gasteiger partial charge in [-0.05, 0) is 26.2 Å². The van der Waals surface area contributed by atoms with Gasteiger partial charge in [-0.1, -0.05) is 13.3 Å². The number of rotatable bonds is 16. The second-order valence-corrected chi connectivity index (χ2v) is 4.79. The third-order valence-corrected chi connectivity index (χ3v) is 2.67. The van der Waals surface area contributed by atoms with Gasteiger partial charge in [0, 0.05) is 13.2 Å². The summed E-state index contributed by atoms with van der Waals surface area (Å²) in [6, 6.07) is 0. The molecule has 0 aliphatic heterocycles. The van der Waals surface area contributed by atoms with Gasteiger partial charge < -0.3 is 24.1 Å². The average Bonchev–Trinajstić information content (AvgIpc) is 2.43. The van der Waals surface area contributed by atoms with Gasteiger partial charge >= 0.3 is 0 Å². The Hall–Kier alpha value is -0.200. The molecule has 0 heterocycles. The summed E-state index contributed by atoms with van der Waals surface area (Å²) in [6.45, 7) is 9.10. The molecule has 5 nitrogen and oxygen atoms in total. The van der Waals surface area contributed by atoms with Gasteiger partial charge in [-0.3, -0.25) is 0 Å². The Morgan fingerprint density at radius 2 is 1.10 bits per heavy atom. The molecule has 0 saturated heterocycles. The van der Waals surface area contributed by atoms with Gasteiger partial charge in [0.25, 0.3) is 0 Å². The zero-order valence-electron chi connectivity index (χ0n) is 13.1. The van der Waals surface area contributed by atoms with Crippen molar-refractivity contribution in [3.8, 4) is 0 Å². The smallest absolute Gasteiger partial charge is 0.0701 e. The molecule has 0 bridgehead atoms. The van der Waals surface area contributed by atoms with E-state index in [0.29, 0.717) is 46.2 Å². The molecular weight excluding hydrogens is 260 g/mol. The molecule has 1 unspecified atom stereocenters. The van der Waals surface area contributed by atoms with Crippen LogP contribution in [0.4, 0.5) is 0 Å². The maximum absolute atomic E-state index is 9.05. The zero-order valence-corrected chi connectivity index (χ0v) is 13.1. The molecule has 0 rings (SSSR count). The van der Waals surface area contributed by atoms with Crippen LogP contribution in [0.1, 0.15) is 39.5 Å². The van der Waals surface area contributed by atoms with E-state index >= 15 is 0 Å². The van der Waals surface area contributed by atoms with Crippen molar-refractivity contribution in [2.45, 2.75) is 45.6 Å². The van der Waals surface area contributed by atoms with Crippen LogP contribution in [0, 0.1) is 0 Å². The lowest BCUT2D eigenvalue weighted by molar-refractivity contribution is -0.00299. The topological polar surface area (TPSA) is 57.2 Å². The van der Waals surface area contributed by atoms with Gasteiger partial charge in [-0.2, -0.15) is 0 Å². The van der Waals surface area contributed by atoms with Crippen LogP contribution in [0.25, 0.3) is 0 Å². The third-order valence-electron chi connectivity index (χ3n) is 2.67. The minimum atomic E-state index is -0.238. The highest BCUT2D eigenvalue weighted by Crippen LogP contribution is 1.95. The fourth-order valence-electron chi connectivity index (χ4n) is 1.49. The van der Waals surface area contributed by atoms with Gasteiger partial charge in [0.2, 0.25) is 0 Å². The van der Waals surface area contributed by atoms with Crippen LogP contribution in [0.5, 0.6) is 0 Å². The summed E-state index contributed by atoms with van der Waals surface area (Å²) in [4.78, 5) is 0. The first-order valence-corrected chi connectivity index (χ1v) is 7.76. The Morgan fingerprint density at radius 1 is 0.700 bits per heavy atom. The largest absolute Gasteiger partial charge is 0.393 e. The molecule has 0 aliphatic rings. The van der Waals surface area contributed by atoms with Crippen LogP contribution in [0.2, 0.25) is 0 Å². The maximum atomic E-state index is 9.05. The van der Waals surface area contributed by atoms with Crippen molar-refractivity contribution in [2.75, 3.05) is 52.9 Å². The summed E-state index contributed by atoms with van der Waals surface area (Å²) in [6.07, 6.45) is 3.71. The monoisotopic (exact) mass is 292 g/mol. The van der Waals surface area contributed by atoms with Crippen molar-refractivity contribution < 1.29 is 24.1 Å². The van der Waals surface area contributed by atoms with E-state index < -0.39 is 0 Å². The Bertz CT molecular complexity index is 176. The summed E-state index contributed by atoms with van der Waals surface area (Å²) in [5.74, 6) is 0. The van der Waals surface area contributed by atoms with E-state index in [0.717, 1.165) is 32.3 Å². The Morgan fingerprint density at radius 3 is 1.50 bits per heavy atom. The molecule has 20 heavy (non-hydrogen) atoms. The predicted molar refractivity (Wildman–Crippen MR) is 79.1 cm³/mol. The van der Waals surface area contributed by atoms with Gasteiger partial charge in [0.1, 0.15) is 0 Å². The molecule has 0 amide bonds. The van der Waals surface area contributed by atoms with Gasteiger partial charge in [0.15, 0.2) is 0 Å². The molecule has 0 aromatic rings. The highest BCUT2D eigenvalue weighted by molar-refractivity contribution is 4.46. The van der Waals surface area contributed by atoms with Crippen LogP contribution < -0.4 is 0 Å². The molecule has 0 radical (unpaired) electrons. The van der Waals surface area contributed by atoms with Crippen LogP contribution in [0.15, 0.2) is 0 Å². The van der Waals surface area contributed by atoms with Crippen molar-refractivity contribution in [3.63, 3.8) is 0 Å². The predicted octanol–water partition coefficient (Wildman–Crippen LogP) is 2.01. The van der Waals surface area contributed by atoms with E-state index in [-0.39, 0.29) is 6.10 Å². The van der Waals surface area contributed by atoms with E-state index in [4.69, 9.17) is 24.1 Å². The fourth-order valence-corrected chi connectivity index (χ4v) is 1.49. The van der Waals surface area contributed by atoms with Crippen molar-refractivity contribution >= 4 is 0 Å². The summed E-state index contributed by atoms with van der Waals surface area (Å²) in [7, 11) is 0. The van der Waals surface area contributed by atoms with Crippen molar-refractivity contribution in [1.29, 1.82) is 0 Å². The van der Waals surface area contributed by atoms with Crippen molar-refractivity contribution in [3.05, 3.63) is 0 Å². The Balaban J connectivity index is 2.92. The molecule has 0 saturated carbocycles. The van der Waals surface area contributed by atoms with Gasteiger partial charge in [-0.25, -0.2) is 0 Å². The quantitative estimate of drug-likeness (QED) is 0.441. The molecule has 5 heteroatoms. The van der Waals surface area contributed by atoms with Crippen molar-refractivity contribution in [2.24, 2.45) is 0 Å². The lowest BCUT2D eigenvalue weighted by Crippen LogP contribution is -2.12. The van der Waals surface area contributed by atoms with Crippen LogP contribution >= 0.6 is 0 Å². The highest BCUT2D eigenvalue weighted by atomic mass is 16.6. The van der Waals surface area contributed by atoms with E-state index in [9.17, 15) is 0 Å². The molecule has 1 N–H and O–H groups in total. The van der Waals surface area contributed by atoms with Gasteiger partial charge in [-0.15, -0.1) is 0 Å². The van der Waals surface area contributed by atoms with E-state index in [1.54, 1.807) is 6.92 Å². The Kier molecular flexibility index (Phi) is 16.7. The fraction of sp³-hybridized carbons (Fsp3) is 1.00. The van der Waals surface area contributed by atoms with Gasteiger partial charge in [0.05, 0.1) is 45.7 Å². The normalized spacial score (nSPS) is 12.8. The maximum Gasteiger partial charge on any atom is 0.0701 e. The molecule has 0 aromatic heterocycles. The number of hydrogen-bond donors (Lipinski definition) is 1. The molecule has 1 atom stereocenters. The summed E-state index contributed by atoms with van der Waals surface area (Å²) in [5.41, 5.74) is 0. The first-order valence-electron chi connectivity index (χ1n) is 7.76. The SMILES string of the molecule is CCCCOCCOCCOCCOCCCC(C)O. The first-order chi connectivity index (χ1) is 9.77. The first kappa shape index (κ1) is 19.8. The number of unbranched alkanes of at least 4 members (excludes halogenated alkanes) is 1. The summed E-state index contributed by atoms with van der Waals surface area (Å²) < 4.78 is 21.5. The van der Waals surface area contributed by atoms with Crippen LogP contribution in [-0.2, 0) is 18.9 Å². The standard InChI is InChI=1S/C15H32O5/c1-3-4-7-17-9-11-19-13-14-20-12-10-18-8-5-6-15(2)16/h15-16H,3-14H2,1-2H3. The number of hydrogen-bond acceptors (Lipinski definition) is 5. The molecular formula is C15H32O5. The van der Waals surface area contributed by atoms with E-state index in [2.05, 4.69) is 6.92 Å². The van der Waals surface area contributed by atoms with Crippen molar-refractivity contribution in [1.82, 2.24) is 0 Å². The molecule has 0 fully saturated rings. The average molecular weight is 292 g/mol. The third kappa shape index (κ3) is 17.8. The molecule has 0 spiro atoms. The van der Waals surface area contributed by atoms with Crippen LogP contribution in [0.3, 0.4) is 0 Å². The summed E-state index contributed by atoms with van der Waals surface area (Å²) in [5, 5.41) is 9.05.